The van der Waals surface area contributed by atoms with Crippen LogP contribution in [0.25, 0.3) is 22.3 Å². The Morgan fingerprint density at radius 3 is 2.50 bits per heavy atom. The van der Waals surface area contributed by atoms with Crippen molar-refractivity contribution in [2.24, 2.45) is 0 Å². The van der Waals surface area contributed by atoms with Crippen molar-refractivity contribution in [3.8, 4) is 11.4 Å². The summed E-state index contributed by atoms with van der Waals surface area (Å²) >= 11 is 2.31. The fourth-order valence-corrected chi connectivity index (χ4v) is 2.45. The van der Waals surface area contributed by atoms with E-state index in [1.807, 2.05) is 37.3 Å². The molecule has 0 radical (unpaired) electrons. The fourth-order valence-electron chi connectivity index (χ4n) is 1.98. The van der Waals surface area contributed by atoms with Gasteiger partial charge in [0.25, 0.3) is 0 Å². The smallest absolute Gasteiger partial charge is 0.160 e. The lowest BCUT2D eigenvalue weighted by Crippen LogP contribution is -1.94. The van der Waals surface area contributed by atoms with E-state index in [1.165, 1.54) is 3.57 Å². The Balaban J connectivity index is 2.27. The van der Waals surface area contributed by atoms with Crippen LogP contribution in [0.5, 0.6) is 0 Å². The number of hydrogen-bond acceptors (Lipinski definition) is 2. The normalized spacial score (nSPS) is 10.8. The number of fused-ring (bicyclic) bond motifs is 1. The summed E-state index contributed by atoms with van der Waals surface area (Å²) < 4.78 is 1.19. The van der Waals surface area contributed by atoms with Crippen molar-refractivity contribution in [1.82, 2.24) is 9.97 Å². The largest absolute Gasteiger partial charge is 0.233 e. The summed E-state index contributed by atoms with van der Waals surface area (Å²) in [5, 5.41) is 1.12. The van der Waals surface area contributed by atoms with Gasteiger partial charge >= 0.3 is 0 Å². The topological polar surface area (TPSA) is 25.8 Å². The first-order valence-electron chi connectivity index (χ1n) is 5.73. The molecular weight excluding hydrogens is 335 g/mol. The summed E-state index contributed by atoms with van der Waals surface area (Å²) in [4.78, 5) is 9.24. The summed E-state index contributed by atoms with van der Waals surface area (Å²) in [6.07, 6.45) is 0. The molecule has 0 aliphatic carbocycles. The highest BCUT2D eigenvalue weighted by Gasteiger charge is 2.06. The van der Waals surface area contributed by atoms with Crippen molar-refractivity contribution in [3.05, 3.63) is 57.8 Å². The first-order valence-corrected chi connectivity index (χ1v) is 6.81. The van der Waals surface area contributed by atoms with Crippen molar-refractivity contribution in [3.63, 3.8) is 0 Å². The molecule has 0 spiro atoms. The molecule has 0 saturated carbocycles. The molecule has 0 bridgehead atoms. The van der Waals surface area contributed by atoms with Crippen LogP contribution in [0.15, 0.2) is 48.5 Å². The maximum absolute atomic E-state index is 4.65. The zero-order valence-corrected chi connectivity index (χ0v) is 12.0. The minimum atomic E-state index is 0.794. The van der Waals surface area contributed by atoms with Crippen molar-refractivity contribution in [2.75, 3.05) is 0 Å². The third-order valence-electron chi connectivity index (χ3n) is 2.88. The molecule has 1 aromatic heterocycles. The molecule has 0 atom stereocenters. The van der Waals surface area contributed by atoms with Crippen LogP contribution in [0, 0.1) is 10.5 Å². The molecular formula is C15H11IN2. The number of aromatic nitrogens is 2. The number of hydrogen-bond donors (Lipinski definition) is 0. The Labute approximate surface area is 119 Å². The third-order valence-corrected chi connectivity index (χ3v) is 3.55. The van der Waals surface area contributed by atoms with E-state index in [0.717, 1.165) is 28.0 Å². The molecule has 0 saturated heterocycles. The van der Waals surface area contributed by atoms with Crippen molar-refractivity contribution in [1.29, 1.82) is 0 Å². The van der Waals surface area contributed by atoms with Gasteiger partial charge in [-0.1, -0.05) is 30.3 Å². The Bertz CT molecular complexity index is 708. The van der Waals surface area contributed by atoms with Gasteiger partial charge < -0.3 is 0 Å². The van der Waals surface area contributed by atoms with Crippen LogP contribution in [-0.4, -0.2) is 9.97 Å². The molecule has 88 valence electrons. The number of halogens is 1. The van der Waals surface area contributed by atoms with Gasteiger partial charge in [-0.2, -0.15) is 0 Å². The molecule has 3 heteroatoms. The molecule has 2 aromatic carbocycles. The monoisotopic (exact) mass is 346 g/mol. The third kappa shape index (κ3) is 2.10. The lowest BCUT2D eigenvalue weighted by atomic mass is 10.1. The van der Waals surface area contributed by atoms with Crippen LogP contribution in [0.4, 0.5) is 0 Å². The Kier molecular flexibility index (Phi) is 2.99. The highest BCUT2D eigenvalue weighted by molar-refractivity contribution is 14.1. The van der Waals surface area contributed by atoms with Crippen molar-refractivity contribution >= 4 is 33.5 Å². The van der Waals surface area contributed by atoms with E-state index in [2.05, 4.69) is 50.8 Å². The molecule has 0 fully saturated rings. The van der Waals surface area contributed by atoms with E-state index in [4.69, 9.17) is 0 Å². The van der Waals surface area contributed by atoms with Gasteiger partial charge in [0.15, 0.2) is 5.82 Å². The number of rotatable bonds is 1. The van der Waals surface area contributed by atoms with Gasteiger partial charge in [-0.05, 0) is 47.7 Å². The second kappa shape index (κ2) is 4.65. The average molecular weight is 346 g/mol. The number of aryl methyl sites for hydroxylation is 1. The minimum absolute atomic E-state index is 0.794. The molecule has 1 heterocycles. The highest BCUT2D eigenvalue weighted by atomic mass is 127. The Morgan fingerprint density at radius 2 is 1.72 bits per heavy atom. The average Bonchev–Trinajstić information content (AvgIpc) is 2.39. The Hall–Kier alpha value is -1.49. The summed E-state index contributed by atoms with van der Waals surface area (Å²) in [5.74, 6) is 0.794. The molecule has 2 nitrogen and oxygen atoms in total. The lowest BCUT2D eigenvalue weighted by Gasteiger charge is -2.06. The standard InChI is InChI=1S/C15H11IN2/c1-10-13-8-7-12(16)9-14(13)18-15(17-10)11-5-3-2-4-6-11/h2-9H,1H3. The van der Waals surface area contributed by atoms with E-state index >= 15 is 0 Å². The maximum Gasteiger partial charge on any atom is 0.160 e. The van der Waals surface area contributed by atoms with Gasteiger partial charge in [0, 0.05) is 20.2 Å². The lowest BCUT2D eigenvalue weighted by molar-refractivity contribution is 1.16. The predicted octanol–water partition coefficient (Wildman–Crippen LogP) is 4.21. The molecule has 0 N–H and O–H groups in total. The van der Waals surface area contributed by atoms with E-state index in [0.29, 0.717) is 0 Å². The molecule has 3 rings (SSSR count). The quantitative estimate of drug-likeness (QED) is 0.617. The molecule has 18 heavy (non-hydrogen) atoms. The first kappa shape index (κ1) is 11.6. The first-order chi connectivity index (χ1) is 8.74. The second-order valence-corrected chi connectivity index (χ2v) is 5.41. The van der Waals surface area contributed by atoms with Crippen LogP contribution >= 0.6 is 22.6 Å². The SMILES string of the molecule is Cc1nc(-c2ccccc2)nc2cc(I)ccc12. The maximum atomic E-state index is 4.65. The van der Waals surface area contributed by atoms with Crippen LogP contribution in [0.2, 0.25) is 0 Å². The van der Waals surface area contributed by atoms with Gasteiger partial charge in [-0.25, -0.2) is 9.97 Å². The van der Waals surface area contributed by atoms with Crippen LogP contribution in [0.3, 0.4) is 0 Å². The van der Waals surface area contributed by atoms with Crippen LogP contribution in [0.1, 0.15) is 5.69 Å². The summed E-state index contributed by atoms with van der Waals surface area (Å²) in [6.45, 7) is 2.03. The van der Waals surface area contributed by atoms with Gasteiger partial charge in [0.2, 0.25) is 0 Å². The van der Waals surface area contributed by atoms with Crippen LogP contribution in [-0.2, 0) is 0 Å². The summed E-state index contributed by atoms with van der Waals surface area (Å²) in [6, 6.07) is 16.4. The van der Waals surface area contributed by atoms with Gasteiger partial charge in [0.05, 0.1) is 5.52 Å². The van der Waals surface area contributed by atoms with E-state index < -0.39 is 0 Å². The van der Waals surface area contributed by atoms with Gasteiger partial charge in [-0.3, -0.25) is 0 Å². The number of nitrogens with zero attached hydrogens (tertiary/aromatic N) is 2. The molecule has 0 unspecified atom stereocenters. The zero-order valence-electron chi connectivity index (χ0n) is 9.89. The van der Waals surface area contributed by atoms with Crippen molar-refractivity contribution < 1.29 is 0 Å². The van der Waals surface area contributed by atoms with E-state index in [1.54, 1.807) is 0 Å². The molecule has 0 aliphatic rings. The van der Waals surface area contributed by atoms with Gasteiger partial charge in [-0.15, -0.1) is 0 Å². The van der Waals surface area contributed by atoms with Gasteiger partial charge in [0.1, 0.15) is 0 Å². The predicted molar refractivity (Wildman–Crippen MR) is 82.4 cm³/mol. The molecule has 0 amide bonds. The van der Waals surface area contributed by atoms with Crippen molar-refractivity contribution in [2.45, 2.75) is 6.92 Å². The van der Waals surface area contributed by atoms with Crippen LogP contribution < -0.4 is 0 Å². The number of benzene rings is 2. The highest BCUT2D eigenvalue weighted by Crippen LogP contribution is 2.22. The zero-order chi connectivity index (χ0) is 12.5. The molecule has 3 aromatic rings. The van der Waals surface area contributed by atoms with E-state index in [-0.39, 0.29) is 0 Å². The minimum Gasteiger partial charge on any atom is -0.233 e. The summed E-state index contributed by atoms with van der Waals surface area (Å²) in [7, 11) is 0. The fraction of sp³-hybridized carbons (Fsp3) is 0.0667. The second-order valence-electron chi connectivity index (χ2n) is 4.16. The molecule has 0 aliphatic heterocycles. The van der Waals surface area contributed by atoms with E-state index in [9.17, 15) is 0 Å². The Morgan fingerprint density at radius 1 is 0.944 bits per heavy atom. The summed E-state index contributed by atoms with van der Waals surface area (Å²) in [5.41, 5.74) is 3.09.